The van der Waals surface area contributed by atoms with Gasteiger partial charge in [-0.15, -0.1) is 0 Å². The number of likely N-dealkylation sites (tertiary alicyclic amines) is 1. The molecule has 3 nitrogen and oxygen atoms in total. The van der Waals surface area contributed by atoms with E-state index in [1.807, 2.05) is 7.05 Å². The zero-order valence-corrected chi connectivity index (χ0v) is 7.36. The third-order valence-corrected chi connectivity index (χ3v) is 3.44. The van der Waals surface area contributed by atoms with Crippen LogP contribution in [-0.2, 0) is 4.79 Å². The Kier molecular flexibility index (Phi) is 1.83. The van der Waals surface area contributed by atoms with Gasteiger partial charge in [-0.05, 0) is 32.2 Å². The molecule has 3 unspecified atom stereocenters. The van der Waals surface area contributed by atoms with Crippen molar-refractivity contribution in [1.82, 2.24) is 4.90 Å². The lowest BCUT2D eigenvalue weighted by atomic mass is 10.0. The van der Waals surface area contributed by atoms with Crippen LogP contribution in [0.25, 0.3) is 0 Å². The molecule has 1 saturated heterocycles. The van der Waals surface area contributed by atoms with Crippen molar-refractivity contribution in [2.75, 3.05) is 7.05 Å². The van der Waals surface area contributed by atoms with Crippen LogP contribution in [0, 0.1) is 5.92 Å². The molecule has 3 atom stereocenters. The van der Waals surface area contributed by atoms with Crippen LogP contribution in [0.4, 0.5) is 0 Å². The number of carbonyl (C=O) groups is 1. The Hall–Kier alpha value is -0.570. The molecule has 3 heteroatoms. The maximum absolute atomic E-state index is 10.8. The Morgan fingerprint density at radius 1 is 1.50 bits per heavy atom. The van der Waals surface area contributed by atoms with Crippen molar-refractivity contribution >= 4 is 5.97 Å². The molecule has 0 aromatic carbocycles. The first kappa shape index (κ1) is 8.05. The molecule has 12 heavy (non-hydrogen) atoms. The number of hydrogen-bond donors (Lipinski definition) is 1. The minimum Gasteiger partial charge on any atom is -0.480 e. The first-order valence-corrected chi connectivity index (χ1v) is 4.65. The molecule has 68 valence electrons. The van der Waals surface area contributed by atoms with Crippen LogP contribution in [0.5, 0.6) is 0 Å². The van der Waals surface area contributed by atoms with E-state index >= 15 is 0 Å². The summed E-state index contributed by atoms with van der Waals surface area (Å²) in [5, 5.41) is 8.90. The highest BCUT2D eigenvalue weighted by Crippen LogP contribution is 2.39. The third kappa shape index (κ3) is 1.04. The molecule has 1 aliphatic heterocycles. The predicted octanol–water partition coefficient (Wildman–Crippen LogP) is 0.944. The van der Waals surface area contributed by atoms with Gasteiger partial charge in [0.2, 0.25) is 0 Å². The van der Waals surface area contributed by atoms with Crippen LogP contribution in [0.1, 0.15) is 25.7 Å². The summed E-state index contributed by atoms with van der Waals surface area (Å²) < 4.78 is 0. The van der Waals surface area contributed by atoms with E-state index in [4.69, 9.17) is 5.11 Å². The molecule has 1 N–H and O–H groups in total. The highest BCUT2D eigenvalue weighted by molar-refractivity contribution is 5.74. The van der Waals surface area contributed by atoms with E-state index in [9.17, 15) is 4.79 Å². The van der Waals surface area contributed by atoms with Gasteiger partial charge in [-0.2, -0.15) is 0 Å². The number of hydrogen-bond acceptors (Lipinski definition) is 2. The average molecular weight is 169 g/mol. The van der Waals surface area contributed by atoms with E-state index < -0.39 is 5.97 Å². The van der Waals surface area contributed by atoms with Gasteiger partial charge in [0.1, 0.15) is 6.04 Å². The predicted molar refractivity (Wildman–Crippen MR) is 44.9 cm³/mol. The molecule has 0 spiro atoms. The molecule has 0 aromatic heterocycles. The van der Waals surface area contributed by atoms with Gasteiger partial charge in [0.25, 0.3) is 0 Å². The van der Waals surface area contributed by atoms with Crippen molar-refractivity contribution < 1.29 is 9.90 Å². The molecule has 2 rings (SSSR count). The van der Waals surface area contributed by atoms with Crippen molar-refractivity contribution in [1.29, 1.82) is 0 Å². The first-order valence-electron chi connectivity index (χ1n) is 4.65. The van der Waals surface area contributed by atoms with E-state index in [0.717, 1.165) is 6.42 Å². The van der Waals surface area contributed by atoms with Crippen LogP contribution in [0.3, 0.4) is 0 Å². The highest BCUT2D eigenvalue weighted by Gasteiger charge is 2.44. The van der Waals surface area contributed by atoms with Crippen LogP contribution in [-0.4, -0.2) is 35.1 Å². The fourth-order valence-corrected chi connectivity index (χ4v) is 2.79. The summed E-state index contributed by atoms with van der Waals surface area (Å²) in [7, 11) is 1.95. The van der Waals surface area contributed by atoms with Crippen molar-refractivity contribution in [2.45, 2.75) is 37.8 Å². The first-order chi connectivity index (χ1) is 5.70. The van der Waals surface area contributed by atoms with Gasteiger partial charge in [-0.25, -0.2) is 0 Å². The lowest BCUT2D eigenvalue weighted by Gasteiger charge is -2.21. The summed E-state index contributed by atoms with van der Waals surface area (Å²) in [5.74, 6) is 0.0167. The van der Waals surface area contributed by atoms with Crippen molar-refractivity contribution in [3.63, 3.8) is 0 Å². The number of likely N-dealkylation sites (N-methyl/N-ethyl adjacent to an activating group) is 1. The second kappa shape index (κ2) is 2.73. The van der Waals surface area contributed by atoms with Crippen LogP contribution >= 0.6 is 0 Å². The normalized spacial score (nSPS) is 41.6. The largest absolute Gasteiger partial charge is 0.480 e. The maximum atomic E-state index is 10.8. The summed E-state index contributed by atoms with van der Waals surface area (Å²) >= 11 is 0. The van der Waals surface area contributed by atoms with Gasteiger partial charge in [-0.3, -0.25) is 9.69 Å². The van der Waals surface area contributed by atoms with Gasteiger partial charge >= 0.3 is 5.97 Å². The molecule has 1 aliphatic carbocycles. The zero-order valence-electron chi connectivity index (χ0n) is 7.36. The van der Waals surface area contributed by atoms with E-state index in [0.29, 0.717) is 12.0 Å². The zero-order chi connectivity index (χ0) is 8.72. The molecule has 0 amide bonds. The average Bonchev–Trinajstić information content (AvgIpc) is 2.53. The number of carboxylic acids is 1. The van der Waals surface area contributed by atoms with Crippen molar-refractivity contribution in [3.05, 3.63) is 0 Å². The van der Waals surface area contributed by atoms with Crippen molar-refractivity contribution in [3.8, 4) is 0 Å². The molecule has 1 heterocycles. The fourth-order valence-electron chi connectivity index (χ4n) is 2.79. The number of fused-ring (bicyclic) bond motifs is 1. The second-order valence-electron chi connectivity index (χ2n) is 4.01. The standard InChI is InChI=1S/C9H15NO2/c1-10-7-4-2-3-6(7)5-8(10)9(11)12/h6-8H,2-5H2,1H3,(H,11,12). The van der Waals surface area contributed by atoms with E-state index in [1.54, 1.807) is 0 Å². The SMILES string of the molecule is CN1C(C(=O)O)CC2CCCC21. The molecular formula is C9H15NO2. The van der Waals surface area contributed by atoms with E-state index in [1.165, 1.54) is 19.3 Å². The highest BCUT2D eigenvalue weighted by atomic mass is 16.4. The summed E-state index contributed by atoms with van der Waals surface area (Å²) in [4.78, 5) is 12.9. The van der Waals surface area contributed by atoms with Crippen LogP contribution < -0.4 is 0 Å². The van der Waals surface area contributed by atoms with Gasteiger partial charge < -0.3 is 5.11 Å². The topological polar surface area (TPSA) is 40.5 Å². The summed E-state index contributed by atoms with van der Waals surface area (Å²) in [5.41, 5.74) is 0. The Morgan fingerprint density at radius 3 is 2.83 bits per heavy atom. The molecule has 1 saturated carbocycles. The van der Waals surface area contributed by atoms with Crippen molar-refractivity contribution in [2.24, 2.45) is 5.92 Å². The lowest BCUT2D eigenvalue weighted by Crippen LogP contribution is -2.37. The number of aliphatic carboxylic acids is 1. The molecule has 2 aliphatic rings. The molecule has 0 bridgehead atoms. The second-order valence-corrected chi connectivity index (χ2v) is 4.01. The van der Waals surface area contributed by atoms with Crippen LogP contribution in [0.2, 0.25) is 0 Å². The monoisotopic (exact) mass is 169 g/mol. The minimum atomic E-state index is -0.646. The summed E-state index contributed by atoms with van der Waals surface area (Å²) in [6, 6.07) is 0.353. The Bertz CT molecular complexity index is 205. The minimum absolute atomic E-state index is 0.208. The quantitative estimate of drug-likeness (QED) is 0.635. The smallest absolute Gasteiger partial charge is 0.320 e. The van der Waals surface area contributed by atoms with Gasteiger partial charge in [-0.1, -0.05) is 6.42 Å². The number of nitrogens with zero attached hydrogens (tertiary/aromatic N) is 1. The Balaban J connectivity index is 2.10. The van der Waals surface area contributed by atoms with Gasteiger partial charge in [0, 0.05) is 6.04 Å². The van der Waals surface area contributed by atoms with Gasteiger partial charge in [0.05, 0.1) is 0 Å². The summed E-state index contributed by atoms with van der Waals surface area (Å²) in [6.45, 7) is 0. The maximum Gasteiger partial charge on any atom is 0.320 e. The Morgan fingerprint density at radius 2 is 2.25 bits per heavy atom. The molecular weight excluding hydrogens is 154 g/mol. The van der Waals surface area contributed by atoms with Gasteiger partial charge in [0.15, 0.2) is 0 Å². The summed E-state index contributed by atoms with van der Waals surface area (Å²) in [6.07, 6.45) is 4.59. The molecule has 0 radical (unpaired) electrons. The van der Waals surface area contributed by atoms with Crippen LogP contribution in [0.15, 0.2) is 0 Å². The van der Waals surface area contributed by atoms with E-state index in [2.05, 4.69) is 4.90 Å². The molecule has 0 aromatic rings. The number of rotatable bonds is 1. The fraction of sp³-hybridized carbons (Fsp3) is 0.889. The molecule has 2 fully saturated rings. The number of carboxylic acid groups (broad SMARTS) is 1. The Labute approximate surface area is 72.4 Å². The lowest BCUT2D eigenvalue weighted by molar-refractivity contribution is -0.142. The van der Waals surface area contributed by atoms with E-state index in [-0.39, 0.29) is 6.04 Å². The third-order valence-electron chi connectivity index (χ3n) is 3.44.